The van der Waals surface area contributed by atoms with Crippen molar-refractivity contribution in [2.24, 2.45) is 5.10 Å². The summed E-state index contributed by atoms with van der Waals surface area (Å²) < 4.78 is 2.14. The molecule has 0 unspecified atom stereocenters. The molecule has 1 aromatic heterocycles. The van der Waals surface area contributed by atoms with Gasteiger partial charge in [0.15, 0.2) is 0 Å². The van der Waals surface area contributed by atoms with Crippen LogP contribution in [-0.4, -0.2) is 22.4 Å². The molecule has 1 amide bonds. The molecule has 0 aliphatic carbocycles. The largest absolute Gasteiger partial charge is 0.318 e. The Kier molecular flexibility index (Phi) is 7.06. The van der Waals surface area contributed by atoms with Gasteiger partial charge in [0.25, 0.3) is 0 Å². The number of hydrogen-bond acceptors (Lipinski definition) is 3. The normalized spacial score (nSPS) is 11.2. The van der Waals surface area contributed by atoms with Gasteiger partial charge in [0, 0.05) is 37.6 Å². The first-order chi connectivity index (χ1) is 13.8. The lowest BCUT2D eigenvalue weighted by atomic mass is 10.2. The van der Waals surface area contributed by atoms with Gasteiger partial charge in [-0.05, 0) is 68.8 Å². The van der Waals surface area contributed by atoms with E-state index in [1.54, 1.807) is 18.3 Å². The van der Waals surface area contributed by atoms with Crippen molar-refractivity contribution < 1.29 is 4.79 Å². The Hall–Kier alpha value is -2.21. The first-order valence-corrected chi connectivity index (χ1v) is 10.7. The molecular weight excluding hydrogens is 425 g/mol. The van der Waals surface area contributed by atoms with Crippen LogP contribution in [0, 0.1) is 20.8 Å². The maximum absolute atomic E-state index is 12.0. The molecule has 0 saturated heterocycles. The Labute approximate surface area is 184 Å². The summed E-state index contributed by atoms with van der Waals surface area (Å²) in [6, 6.07) is 15.2. The molecule has 0 radical (unpaired) electrons. The van der Waals surface area contributed by atoms with Crippen molar-refractivity contribution in [3.05, 3.63) is 81.1 Å². The van der Waals surface area contributed by atoms with Gasteiger partial charge >= 0.3 is 0 Å². The Morgan fingerprint density at radius 1 is 1.07 bits per heavy atom. The first kappa shape index (κ1) is 21.5. The Morgan fingerprint density at radius 3 is 2.48 bits per heavy atom. The zero-order valence-electron chi connectivity index (χ0n) is 16.4. The van der Waals surface area contributed by atoms with Crippen LogP contribution in [0.4, 0.5) is 0 Å². The second-order valence-corrected chi connectivity index (χ2v) is 8.55. The molecule has 3 rings (SSSR count). The molecule has 7 heteroatoms. The summed E-state index contributed by atoms with van der Waals surface area (Å²) in [4.78, 5) is 13.0. The standard InChI is InChI=1S/C22H21Cl2N3OS/c1-14-4-5-19(24)11-21(14)27-15(2)10-17(16(27)3)12-25-26-22(28)13-29-20-8-6-18(23)7-9-20/h4-12H,13H2,1-3H3,(H,26,28)/b25-12-. The summed E-state index contributed by atoms with van der Waals surface area (Å²) in [6.45, 7) is 6.11. The molecule has 0 spiro atoms. The number of nitrogens with zero attached hydrogens (tertiary/aromatic N) is 2. The number of nitrogens with one attached hydrogen (secondary N) is 1. The van der Waals surface area contributed by atoms with Gasteiger partial charge in [0.1, 0.15) is 0 Å². The van der Waals surface area contributed by atoms with E-state index in [2.05, 4.69) is 22.0 Å². The molecule has 29 heavy (non-hydrogen) atoms. The van der Waals surface area contributed by atoms with Gasteiger partial charge in [-0.25, -0.2) is 5.43 Å². The first-order valence-electron chi connectivity index (χ1n) is 9.01. The van der Waals surface area contributed by atoms with E-state index >= 15 is 0 Å². The molecule has 0 aliphatic rings. The van der Waals surface area contributed by atoms with Crippen LogP contribution in [0.5, 0.6) is 0 Å². The third-order valence-corrected chi connectivity index (χ3v) is 5.96. The zero-order valence-corrected chi connectivity index (χ0v) is 18.7. The average molecular weight is 446 g/mol. The lowest BCUT2D eigenvalue weighted by molar-refractivity contribution is -0.118. The van der Waals surface area contributed by atoms with E-state index in [1.165, 1.54) is 11.8 Å². The van der Waals surface area contributed by atoms with Crippen molar-refractivity contribution in [2.45, 2.75) is 25.7 Å². The van der Waals surface area contributed by atoms with Gasteiger partial charge in [0.2, 0.25) is 5.91 Å². The summed E-state index contributed by atoms with van der Waals surface area (Å²) in [7, 11) is 0. The molecule has 4 nitrogen and oxygen atoms in total. The van der Waals surface area contributed by atoms with Crippen LogP contribution in [0.25, 0.3) is 5.69 Å². The Bertz CT molecular complexity index is 1060. The van der Waals surface area contributed by atoms with Gasteiger partial charge in [-0.3, -0.25) is 4.79 Å². The highest BCUT2D eigenvalue weighted by Gasteiger charge is 2.12. The van der Waals surface area contributed by atoms with Crippen LogP contribution < -0.4 is 5.43 Å². The van der Waals surface area contributed by atoms with E-state index in [0.717, 1.165) is 33.1 Å². The molecule has 150 valence electrons. The fraction of sp³-hybridized carbons (Fsp3) is 0.182. The molecule has 3 aromatic rings. The number of thioether (sulfide) groups is 1. The summed E-state index contributed by atoms with van der Waals surface area (Å²) in [5, 5.41) is 5.49. The van der Waals surface area contributed by atoms with Crippen molar-refractivity contribution in [3.8, 4) is 5.69 Å². The summed E-state index contributed by atoms with van der Waals surface area (Å²) in [5.41, 5.74) is 7.79. The van der Waals surface area contributed by atoms with E-state index in [9.17, 15) is 4.79 Å². The van der Waals surface area contributed by atoms with Crippen LogP contribution in [0.1, 0.15) is 22.5 Å². The summed E-state index contributed by atoms with van der Waals surface area (Å²) >= 11 is 13.5. The topological polar surface area (TPSA) is 46.4 Å². The number of aromatic nitrogens is 1. The average Bonchev–Trinajstić information content (AvgIpc) is 2.97. The molecule has 0 saturated carbocycles. The van der Waals surface area contributed by atoms with Crippen molar-refractivity contribution in [1.82, 2.24) is 9.99 Å². The Balaban J connectivity index is 1.66. The SMILES string of the molecule is Cc1ccc(Cl)cc1-n1c(C)cc(/C=N\NC(=O)CSc2ccc(Cl)cc2)c1C. The molecule has 0 bridgehead atoms. The highest BCUT2D eigenvalue weighted by molar-refractivity contribution is 8.00. The maximum Gasteiger partial charge on any atom is 0.250 e. The van der Waals surface area contributed by atoms with E-state index in [4.69, 9.17) is 23.2 Å². The number of carbonyl (C=O) groups is 1. The molecule has 1 heterocycles. The molecule has 0 fully saturated rings. The van der Waals surface area contributed by atoms with E-state index in [-0.39, 0.29) is 11.7 Å². The van der Waals surface area contributed by atoms with Crippen LogP contribution in [0.2, 0.25) is 10.0 Å². The monoisotopic (exact) mass is 445 g/mol. The van der Waals surface area contributed by atoms with Crippen molar-refractivity contribution >= 4 is 47.1 Å². The lowest BCUT2D eigenvalue weighted by Gasteiger charge is -2.13. The van der Waals surface area contributed by atoms with Gasteiger partial charge in [-0.2, -0.15) is 5.10 Å². The minimum Gasteiger partial charge on any atom is -0.318 e. The predicted molar refractivity (Wildman–Crippen MR) is 123 cm³/mol. The molecular formula is C22H21Cl2N3OS. The minimum atomic E-state index is -0.166. The highest BCUT2D eigenvalue weighted by Crippen LogP contribution is 2.25. The smallest absolute Gasteiger partial charge is 0.250 e. The van der Waals surface area contributed by atoms with E-state index < -0.39 is 0 Å². The van der Waals surface area contributed by atoms with E-state index in [1.807, 2.05) is 50.2 Å². The molecule has 1 N–H and O–H groups in total. The third kappa shape index (κ3) is 5.44. The van der Waals surface area contributed by atoms with Crippen molar-refractivity contribution in [2.75, 3.05) is 5.75 Å². The molecule has 0 aliphatic heterocycles. The number of hydrogen-bond donors (Lipinski definition) is 1. The number of hydrazone groups is 1. The van der Waals surface area contributed by atoms with Crippen LogP contribution in [0.3, 0.4) is 0 Å². The number of benzene rings is 2. The predicted octanol–water partition coefficient (Wildman–Crippen LogP) is 5.95. The van der Waals surface area contributed by atoms with Crippen molar-refractivity contribution in [1.29, 1.82) is 0 Å². The number of carbonyl (C=O) groups excluding carboxylic acids is 1. The molecule has 2 aromatic carbocycles. The second-order valence-electron chi connectivity index (χ2n) is 6.63. The second kappa shape index (κ2) is 9.53. The van der Waals surface area contributed by atoms with Crippen molar-refractivity contribution in [3.63, 3.8) is 0 Å². The number of rotatable bonds is 6. The maximum atomic E-state index is 12.0. The van der Waals surface area contributed by atoms with Gasteiger partial charge < -0.3 is 4.57 Å². The highest BCUT2D eigenvalue weighted by atomic mass is 35.5. The van der Waals surface area contributed by atoms with Gasteiger partial charge in [0.05, 0.1) is 12.0 Å². The minimum absolute atomic E-state index is 0.166. The fourth-order valence-electron chi connectivity index (χ4n) is 3.00. The third-order valence-electron chi connectivity index (χ3n) is 4.46. The summed E-state index contributed by atoms with van der Waals surface area (Å²) in [5.74, 6) is 0.111. The van der Waals surface area contributed by atoms with Crippen LogP contribution in [-0.2, 0) is 4.79 Å². The zero-order chi connectivity index (χ0) is 21.0. The number of halogens is 2. The number of amides is 1. The van der Waals surface area contributed by atoms with E-state index in [0.29, 0.717) is 10.0 Å². The van der Waals surface area contributed by atoms with Gasteiger partial charge in [-0.1, -0.05) is 29.3 Å². The van der Waals surface area contributed by atoms with Crippen LogP contribution >= 0.6 is 35.0 Å². The molecule has 0 atom stereocenters. The quantitative estimate of drug-likeness (QED) is 0.289. The number of aryl methyl sites for hydroxylation is 2. The Morgan fingerprint density at radius 2 is 1.76 bits per heavy atom. The summed E-state index contributed by atoms with van der Waals surface area (Å²) in [6.07, 6.45) is 1.67. The van der Waals surface area contributed by atoms with Crippen LogP contribution in [0.15, 0.2) is 58.5 Å². The fourth-order valence-corrected chi connectivity index (χ4v) is 3.98. The van der Waals surface area contributed by atoms with Gasteiger partial charge in [-0.15, -0.1) is 11.8 Å². The lowest BCUT2D eigenvalue weighted by Crippen LogP contribution is -2.19.